The molecule has 0 bridgehead atoms. The molecule has 1 aliphatic rings. The van der Waals surface area contributed by atoms with Gasteiger partial charge in [-0.05, 0) is 47.5 Å². The smallest absolute Gasteiger partial charge is 0.410 e. The zero-order chi connectivity index (χ0) is 16.3. The van der Waals surface area contributed by atoms with Crippen LogP contribution in [0, 0.1) is 6.92 Å². The first-order chi connectivity index (χ1) is 10.3. The third kappa shape index (κ3) is 4.47. The van der Waals surface area contributed by atoms with E-state index in [0.717, 1.165) is 37.3 Å². The number of carbonyl (C=O) groups is 1. The SMILES string of the molecule is Cc1[nH]cnc1CNC1CCN(C(=O)OC(C)(C)C)C(C)C1. The summed E-state index contributed by atoms with van der Waals surface area (Å²) in [5, 5.41) is 3.54. The maximum absolute atomic E-state index is 12.2. The van der Waals surface area contributed by atoms with Crippen molar-refractivity contribution in [2.45, 2.75) is 71.7 Å². The van der Waals surface area contributed by atoms with Gasteiger partial charge in [-0.2, -0.15) is 0 Å². The van der Waals surface area contributed by atoms with E-state index < -0.39 is 5.60 Å². The highest BCUT2D eigenvalue weighted by atomic mass is 16.6. The van der Waals surface area contributed by atoms with Gasteiger partial charge in [-0.25, -0.2) is 9.78 Å². The lowest BCUT2D eigenvalue weighted by Gasteiger charge is -2.38. The molecule has 6 heteroatoms. The molecule has 22 heavy (non-hydrogen) atoms. The number of ether oxygens (including phenoxy) is 1. The van der Waals surface area contributed by atoms with Gasteiger partial charge < -0.3 is 19.9 Å². The van der Waals surface area contributed by atoms with Crippen molar-refractivity contribution in [3.05, 3.63) is 17.7 Å². The molecule has 0 saturated carbocycles. The zero-order valence-electron chi connectivity index (χ0n) is 14.3. The van der Waals surface area contributed by atoms with Crippen LogP contribution in [0.3, 0.4) is 0 Å². The first-order valence-electron chi connectivity index (χ1n) is 7.98. The highest BCUT2D eigenvalue weighted by molar-refractivity contribution is 5.68. The number of nitrogens with zero attached hydrogens (tertiary/aromatic N) is 2. The van der Waals surface area contributed by atoms with E-state index >= 15 is 0 Å². The Hall–Kier alpha value is -1.56. The van der Waals surface area contributed by atoms with E-state index in [1.807, 2.05) is 32.6 Å². The van der Waals surface area contributed by atoms with Crippen LogP contribution in [0.4, 0.5) is 4.79 Å². The Bertz CT molecular complexity index is 506. The fourth-order valence-corrected chi connectivity index (χ4v) is 2.76. The van der Waals surface area contributed by atoms with Gasteiger partial charge in [0, 0.05) is 30.9 Å². The molecule has 1 amide bonds. The van der Waals surface area contributed by atoms with Crippen LogP contribution < -0.4 is 5.32 Å². The third-order valence-corrected chi connectivity index (χ3v) is 4.00. The molecule has 6 nitrogen and oxygen atoms in total. The van der Waals surface area contributed by atoms with Crippen LogP contribution in [0.2, 0.25) is 0 Å². The number of carbonyl (C=O) groups excluding carboxylic acids is 1. The molecule has 2 unspecified atom stereocenters. The molecule has 1 aromatic rings. The number of imidazole rings is 1. The standard InChI is InChI=1S/C16H28N4O2/c1-11-8-13(17-9-14-12(2)18-10-19-14)6-7-20(11)15(21)22-16(3,4)5/h10-11,13,17H,6-9H2,1-5H3,(H,18,19). The Labute approximate surface area is 132 Å². The predicted octanol–water partition coefficient (Wildman–Crippen LogP) is 2.60. The summed E-state index contributed by atoms with van der Waals surface area (Å²) in [5.74, 6) is 0. The van der Waals surface area contributed by atoms with Gasteiger partial charge in [0.1, 0.15) is 5.60 Å². The van der Waals surface area contributed by atoms with Gasteiger partial charge >= 0.3 is 6.09 Å². The monoisotopic (exact) mass is 308 g/mol. The second kappa shape index (κ2) is 6.69. The molecular formula is C16H28N4O2. The van der Waals surface area contributed by atoms with E-state index in [9.17, 15) is 4.79 Å². The van der Waals surface area contributed by atoms with Crippen LogP contribution in [0.1, 0.15) is 51.9 Å². The number of aromatic amines is 1. The van der Waals surface area contributed by atoms with Gasteiger partial charge in [-0.3, -0.25) is 0 Å². The molecule has 1 fully saturated rings. The van der Waals surface area contributed by atoms with Crippen LogP contribution in [0.15, 0.2) is 6.33 Å². The van der Waals surface area contributed by atoms with Gasteiger partial charge in [0.05, 0.1) is 12.0 Å². The van der Waals surface area contributed by atoms with Gasteiger partial charge in [0.25, 0.3) is 0 Å². The first kappa shape index (κ1) is 16.8. The Balaban J connectivity index is 1.82. The lowest BCUT2D eigenvalue weighted by molar-refractivity contribution is 0.00931. The topological polar surface area (TPSA) is 70.2 Å². The molecule has 2 atom stereocenters. The molecule has 0 radical (unpaired) electrons. The molecular weight excluding hydrogens is 280 g/mol. The van der Waals surface area contributed by atoms with Crippen LogP contribution in [-0.2, 0) is 11.3 Å². The van der Waals surface area contributed by atoms with Crippen molar-refractivity contribution in [3.63, 3.8) is 0 Å². The molecule has 0 aromatic carbocycles. The maximum atomic E-state index is 12.2. The normalized spacial score (nSPS) is 22.7. The molecule has 1 saturated heterocycles. The Morgan fingerprint density at radius 1 is 1.55 bits per heavy atom. The summed E-state index contributed by atoms with van der Waals surface area (Å²) in [4.78, 5) is 21.4. The number of nitrogens with one attached hydrogen (secondary N) is 2. The molecule has 0 aliphatic carbocycles. The average Bonchev–Trinajstić information content (AvgIpc) is 2.80. The summed E-state index contributed by atoms with van der Waals surface area (Å²) < 4.78 is 5.47. The molecule has 0 spiro atoms. The van der Waals surface area contributed by atoms with E-state index in [0.29, 0.717) is 6.04 Å². The largest absolute Gasteiger partial charge is 0.444 e. The number of likely N-dealkylation sites (tertiary alicyclic amines) is 1. The third-order valence-electron chi connectivity index (χ3n) is 4.00. The molecule has 124 valence electrons. The predicted molar refractivity (Wildman–Crippen MR) is 85.6 cm³/mol. The zero-order valence-corrected chi connectivity index (χ0v) is 14.3. The van der Waals surface area contributed by atoms with E-state index in [-0.39, 0.29) is 12.1 Å². The molecule has 2 rings (SSSR count). The number of hydrogen-bond acceptors (Lipinski definition) is 4. The maximum Gasteiger partial charge on any atom is 0.410 e. The lowest BCUT2D eigenvalue weighted by atomic mass is 9.98. The van der Waals surface area contributed by atoms with Crippen LogP contribution in [0.5, 0.6) is 0 Å². The van der Waals surface area contributed by atoms with Crippen molar-refractivity contribution in [3.8, 4) is 0 Å². The number of hydrogen-bond donors (Lipinski definition) is 2. The fourth-order valence-electron chi connectivity index (χ4n) is 2.76. The minimum atomic E-state index is -0.441. The van der Waals surface area contributed by atoms with Crippen LogP contribution in [0.25, 0.3) is 0 Å². The van der Waals surface area contributed by atoms with Crippen molar-refractivity contribution >= 4 is 6.09 Å². The van der Waals surface area contributed by atoms with Crippen LogP contribution in [-0.4, -0.2) is 45.2 Å². The number of aromatic nitrogens is 2. The first-order valence-corrected chi connectivity index (χ1v) is 7.98. The minimum absolute atomic E-state index is 0.182. The van der Waals surface area contributed by atoms with Crippen molar-refractivity contribution in [2.24, 2.45) is 0 Å². The Morgan fingerprint density at radius 3 is 2.82 bits per heavy atom. The number of piperidine rings is 1. The Morgan fingerprint density at radius 2 is 2.27 bits per heavy atom. The molecule has 1 aromatic heterocycles. The summed E-state index contributed by atoms with van der Waals surface area (Å²) in [5.41, 5.74) is 1.72. The second-order valence-corrected chi connectivity index (χ2v) is 7.10. The summed E-state index contributed by atoms with van der Waals surface area (Å²) >= 11 is 0. The highest BCUT2D eigenvalue weighted by Crippen LogP contribution is 2.21. The summed E-state index contributed by atoms with van der Waals surface area (Å²) in [6.07, 6.45) is 3.39. The van der Waals surface area contributed by atoms with Crippen LogP contribution >= 0.6 is 0 Å². The van der Waals surface area contributed by atoms with Gasteiger partial charge in [0.2, 0.25) is 0 Å². The van der Waals surface area contributed by atoms with Crippen molar-refractivity contribution in [1.82, 2.24) is 20.2 Å². The molecule has 2 N–H and O–H groups in total. The number of rotatable bonds is 3. The lowest BCUT2D eigenvalue weighted by Crippen LogP contribution is -2.50. The summed E-state index contributed by atoms with van der Waals surface area (Å²) in [6, 6.07) is 0.589. The van der Waals surface area contributed by atoms with Gasteiger partial charge in [-0.1, -0.05) is 0 Å². The number of H-pyrrole nitrogens is 1. The van der Waals surface area contributed by atoms with E-state index in [1.54, 1.807) is 6.33 Å². The Kier molecular flexibility index (Phi) is 5.11. The summed E-state index contributed by atoms with van der Waals surface area (Å²) in [6.45, 7) is 11.3. The van der Waals surface area contributed by atoms with Crippen molar-refractivity contribution < 1.29 is 9.53 Å². The minimum Gasteiger partial charge on any atom is -0.444 e. The quantitative estimate of drug-likeness (QED) is 0.900. The average molecular weight is 308 g/mol. The highest BCUT2D eigenvalue weighted by Gasteiger charge is 2.31. The van der Waals surface area contributed by atoms with Gasteiger partial charge in [-0.15, -0.1) is 0 Å². The number of aryl methyl sites for hydroxylation is 1. The van der Waals surface area contributed by atoms with Crippen molar-refractivity contribution in [2.75, 3.05) is 6.54 Å². The molecule has 2 heterocycles. The second-order valence-electron chi connectivity index (χ2n) is 7.10. The fraction of sp³-hybridized carbons (Fsp3) is 0.750. The number of amides is 1. The molecule has 1 aliphatic heterocycles. The summed E-state index contributed by atoms with van der Waals surface area (Å²) in [7, 11) is 0. The van der Waals surface area contributed by atoms with E-state index in [4.69, 9.17) is 4.74 Å². The van der Waals surface area contributed by atoms with Gasteiger partial charge in [0.15, 0.2) is 0 Å². The van der Waals surface area contributed by atoms with Crippen molar-refractivity contribution in [1.29, 1.82) is 0 Å². The van der Waals surface area contributed by atoms with E-state index in [1.165, 1.54) is 0 Å². The van der Waals surface area contributed by atoms with E-state index in [2.05, 4.69) is 22.2 Å².